The summed E-state index contributed by atoms with van der Waals surface area (Å²) in [6, 6.07) is 0. The average molecular weight is 296 g/mol. The van der Waals surface area contributed by atoms with Crippen LogP contribution in [0.1, 0.15) is 58.3 Å². The van der Waals surface area contributed by atoms with Gasteiger partial charge >= 0.3 is 0 Å². The van der Waals surface area contributed by atoms with E-state index in [1.807, 2.05) is 18.9 Å². The minimum absolute atomic E-state index is 0.209. The van der Waals surface area contributed by atoms with Gasteiger partial charge in [-0.1, -0.05) is 25.7 Å². The summed E-state index contributed by atoms with van der Waals surface area (Å²) in [5.41, 5.74) is -0.209. The molecule has 122 valence electrons. The van der Waals surface area contributed by atoms with Gasteiger partial charge in [-0.2, -0.15) is 0 Å². The van der Waals surface area contributed by atoms with E-state index in [9.17, 15) is 4.79 Å². The molecule has 2 aliphatic rings. The fourth-order valence-corrected chi connectivity index (χ4v) is 3.93. The summed E-state index contributed by atoms with van der Waals surface area (Å²) in [4.78, 5) is 17.6. The van der Waals surface area contributed by atoms with Gasteiger partial charge in [-0.25, -0.2) is 0 Å². The zero-order chi connectivity index (χ0) is 15.1. The molecule has 0 N–H and O–H groups in total. The molecular weight excluding hydrogens is 264 g/mol. The largest absolute Gasteiger partial charge is 0.380 e. The first kappa shape index (κ1) is 16.8. The number of hydrogen-bond acceptors (Lipinski definition) is 3. The fourth-order valence-electron chi connectivity index (χ4n) is 3.93. The van der Waals surface area contributed by atoms with E-state index in [0.29, 0.717) is 19.1 Å². The molecular formula is C17H32N2O2. The van der Waals surface area contributed by atoms with Crippen LogP contribution in [0.5, 0.6) is 0 Å². The number of rotatable bonds is 6. The maximum Gasteiger partial charge on any atom is 0.242 e. The third-order valence-corrected chi connectivity index (χ3v) is 5.16. The Hall–Kier alpha value is -0.610. The molecule has 1 saturated carbocycles. The van der Waals surface area contributed by atoms with Crippen LogP contribution in [-0.4, -0.2) is 61.1 Å². The Bertz CT molecular complexity index is 321. The summed E-state index contributed by atoms with van der Waals surface area (Å²) < 4.78 is 5.41. The molecule has 1 aliphatic carbocycles. The quantitative estimate of drug-likeness (QED) is 0.707. The molecule has 1 heterocycles. The van der Waals surface area contributed by atoms with Gasteiger partial charge in [0.2, 0.25) is 5.91 Å². The highest BCUT2D eigenvalue weighted by Gasteiger charge is 2.45. The molecule has 0 bridgehead atoms. The van der Waals surface area contributed by atoms with E-state index < -0.39 is 0 Å². The first-order chi connectivity index (χ1) is 10.2. The highest BCUT2D eigenvalue weighted by Crippen LogP contribution is 2.36. The normalized spacial score (nSPS) is 23.0. The van der Waals surface area contributed by atoms with Gasteiger partial charge in [0.25, 0.3) is 0 Å². The van der Waals surface area contributed by atoms with Crippen molar-refractivity contribution < 1.29 is 9.53 Å². The first-order valence-corrected chi connectivity index (χ1v) is 8.79. The zero-order valence-electron chi connectivity index (χ0n) is 13.9. The van der Waals surface area contributed by atoms with Crippen molar-refractivity contribution in [2.45, 2.75) is 63.8 Å². The predicted octanol–water partition coefficient (Wildman–Crippen LogP) is 2.67. The van der Waals surface area contributed by atoms with Crippen molar-refractivity contribution in [1.29, 1.82) is 0 Å². The Kier molecular flexibility index (Phi) is 6.49. The van der Waals surface area contributed by atoms with Gasteiger partial charge in [-0.3, -0.25) is 9.69 Å². The summed E-state index contributed by atoms with van der Waals surface area (Å²) in [5, 5.41) is 0. The molecule has 4 nitrogen and oxygen atoms in total. The number of amides is 1. The van der Waals surface area contributed by atoms with Crippen molar-refractivity contribution in [3.63, 3.8) is 0 Å². The lowest BCUT2D eigenvalue weighted by Crippen LogP contribution is -2.61. The lowest BCUT2D eigenvalue weighted by Gasteiger charge is -2.48. The molecule has 1 amide bonds. The number of piperidine rings is 1. The van der Waals surface area contributed by atoms with Crippen molar-refractivity contribution in [3.8, 4) is 0 Å². The Morgan fingerprint density at radius 1 is 1.10 bits per heavy atom. The van der Waals surface area contributed by atoms with Gasteiger partial charge < -0.3 is 9.64 Å². The molecule has 0 aromatic rings. The van der Waals surface area contributed by atoms with Crippen LogP contribution >= 0.6 is 0 Å². The predicted molar refractivity (Wildman–Crippen MR) is 85.4 cm³/mol. The van der Waals surface area contributed by atoms with Crippen LogP contribution in [0.25, 0.3) is 0 Å². The van der Waals surface area contributed by atoms with E-state index in [-0.39, 0.29) is 5.54 Å². The Balaban J connectivity index is 2.05. The lowest BCUT2D eigenvalue weighted by atomic mass is 9.78. The molecule has 0 unspecified atom stereocenters. The van der Waals surface area contributed by atoms with Crippen LogP contribution in [0.2, 0.25) is 0 Å². The third kappa shape index (κ3) is 3.98. The topological polar surface area (TPSA) is 32.8 Å². The van der Waals surface area contributed by atoms with Crippen LogP contribution in [-0.2, 0) is 9.53 Å². The molecule has 1 saturated heterocycles. The summed E-state index contributed by atoms with van der Waals surface area (Å²) in [6.07, 6.45) is 9.58. The first-order valence-electron chi connectivity index (χ1n) is 8.79. The van der Waals surface area contributed by atoms with E-state index >= 15 is 0 Å². The minimum atomic E-state index is -0.209. The van der Waals surface area contributed by atoms with Crippen LogP contribution < -0.4 is 0 Å². The van der Waals surface area contributed by atoms with Crippen molar-refractivity contribution in [1.82, 2.24) is 9.80 Å². The second-order valence-corrected chi connectivity index (χ2v) is 6.56. The fraction of sp³-hybridized carbons (Fsp3) is 0.941. The SMILES string of the molecule is CCOCCN(C)C(=O)C1(N2CCCCC2)CCCCC1. The molecule has 0 atom stereocenters. The molecule has 0 spiro atoms. The summed E-state index contributed by atoms with van der Waals surface area (Å²) in [5.74, 6) is 0.337. The van der Waals surface area contributed by atoms with Crippen LogP contribution in [0, 0.1) is 0 Å². The number of nitrogens with zero attached hydrogens (tertiary/aromatic N) is 2. The van der Waals surface area contributed by atoms with E-state index in [1.54, 1.807) is 0 Å². The molecule has 21 heavy (non-hydrogen) atoms. The smallest absolute Gasteiger partial charge is 0.242 e. The molecule has 4 heteroatoms. The molecule has 0 aromatic carbocycles. The highest BCUT2D eigenvalue weighted by molar-refractivity contribution is 5.86. The van der Waals surface area contributed by atoms with E-state index in [1.165, 1.54) is 38.5 Å². The van der Waals surface area contributed by atoms with E-state index in [4.69, 9.17) is 4.74 Å². The third-order valence-electron chi connectivity index (χ3n) is 5.16. The number of carbonyl (C=O) groups excluding carboxylic acids is 1. The average Bonchev–Trinajstić information content (AvgIpc) is 2.55. The van der Waals surface area contributed by atoms with Crippen molar-refractivity contribution in [2.75, 3.05) is 39.9 Å². The molecule has 2 fully saturated rings. The number of likely N-dealkylation sites (tertiary alicyclic amines) is 1. The number of likely N-dealkylation sites (N-methyl/N-ethyl adjacent to an activating group) is 1. The van der Waals surface area contributed by atoms with Gasteiger partial charge in [0.1, 0.15) is 5.54 Å². The van der Waals surface area contributed by atoms with Crippen LogP contribution in [0.15, 0.2) is 0 Å². The highest BCUT2D eigenvalue weighted by atomic mass is 16.5. The number of hydrogen-bond donors (Lipinski definition) is 0. The maximum atomic E-state index is 13.1. The van der Waals surface area contributed by atoms with Crippen LogP contribution in [0.3, 0.4) is 0 Å². The van der Waals surface area contributed by atoms with Gasteiger partial charge in [0.05, 0.1) is 6.61 Å². The number of carbonyl (C=O) groups is 1. The summed E-state index contributed by atoms with van der Waals surface area (Å²) in [7, 11) is 1.95. The monoisotopic (exact) mass is 296 g/mol. The van der Waals surface area contributed by atoms with Crippen molar-refractivity contribution >= 4 is 5.91 Å². The second kappa shape index (κ2) is 8.14. The Labute approximate surface area is 129 Å². The number of ether oxygens (including phenoxy) is 1. The minimum Gasteiger partial charge on any atom is -0.380 e. The molecule has 0 radical (unpaired) electrons. The summed E-state index contributed by atoms with van der Waals surface area (Å²) >= 11 is 0. The lowest BCUT2D eigenvalue weighted by molar-refractivity contribution is -0.147. The van der Waals surface area contributed by atoms with Gasteiger partial charge in [-0.05, 0) is 45.7 Å². The molecule has 0 aromatic heterocycles. The second-order valence-electron chi connectivity index (χ2n) is 6.56. The standard InChI is InChI=1S/C17H32N2O2/c1-3-21-15-14-18(2)16(20)17(10-6-4-7-11-17)19-12-8-5-9-13-19/h3-15H2,1-2H3. The van der Waals surface area contributed by atoms with Gasteiger partial charge in [-0.15, -0.1) is 0 Å². The molecule has 2 rings (SSSR count). The van der Waals surface area contributed by atoms with Crippen molar-refractivity contribution in [3.05, 3.63) is 0 Å². The molecule has 1 aliphatic heterocycles. The summed E-state index contributed by atoms with van der Waals surface area (Å²) in [6.45, 7) is 6.28. The van der Waals surface area contributed by atoms with Crippen LogP contribution in [0.4, 0.5) is 0 Å². The van der Waals surface area contributed by atoms with E-state index in [0.717, 1.165) is 32.5 Å². The van der Waals surface area contributed by atoms with Crippen molar-refractivity contribution in [2.24, 2.45) is 0 Å². The maximum absolute atomic E-state index is 13.1. The zero-order valence-corrected chi connectivity index (χ0v) is 13.9. The van der Waals surface area contributed by atoms with E-state index in [2.05, 4.69) is 4.90 Å². The Morgan fingerprint density at radius 3 is 2.33 bits per heavy atom. The Morgan fingerprint density at radius 2 is 1.71 bits per heavy atom. The van der Waals surface area contributed by atoms with Gasteiger partial charge in [0.15, 0.2) is 0 Å². The van der Waals surface area contributed by atoms with Gasteiger partial charge in [0, 0.05) is 20.2 Å².